The van der Waals surface area contributed by atoms with Crippen molar-refractivity contribution in [2.24, 2.45) is 0 Å². The van der Waals surface area contributed by atoms with Gasteiger partial charge in [-0.3, -0.25) is 0 Å². The molecule has 0 unspecified atom stereocenters. The molecule has 3 rings (SSSR count). The van der Waals surface area contributed by atoms with E-state index in [0.717, 1.165) is 5.56 Å². The number of nitrogens with zero attached hydrogens (tertiary/aromatic N) is 3. The highest BCUT2D eigenvalue weighted by molar-refractivity contribution is 5.67. The lowest BCUT2D eigenvalue weighted by atomic mass is 10.2. The van der Waals surface area contributed by atoms with Crippen LogP contribution in [0.15, 0.2) is 30.5 Å². The Labute approximate surface area is 108 Å². The normalized spacial score (nSPS) is 13.2. The van der Waals surface area contributed by atoms with Crippen LogP contribution in [0.5, 0.6) is 0 Å². The molecule has 0 spiro atoms. The number of nitriles is 1. The van der Waals surface area contributed by atoms with E-state index < -0.39 is 11.6 Å². The molecule has 3 nitrogen and oxygen atoms in total. The molecule has 2 aromatic rings. The van der Waals surface area contributed by atoms with E-state index in [2.05, 4.69) is 4.98 Å². The largest absolute Gasteiger partial charge is 0.321 e. The fourth-order valence-electron chi connectivity index (χ4n) is 2.29. The molecule has 0 aliphatic carbocycles. The summed E-state index contributed by atoms with van der Waals surface area (Å²) in [7, 11) is 0. The zero-order valence-electron chi connectivity index (χ0n) is 9.90. The van der Waals surface area contributed by atoms with Crippen molar-refractivity contribution in [2.45, 2.75) is 6.42 Å². The van der Waals surface area contributed by atoms with Crippen LogP contribution in [0.2, 0.25) is 0 Å². The second-order valence-electron chi connectivity index (χ2n) is 4.29. The molecule has 5 heteroatoms. The zero-order chi connectivity index (χ0) is 13.4. The van der Waals surface area contributed by atoms with Crippen LogP contribution in [0.25, 0.3) is 0 Å². The Morgan fingerprint density at radius 3 is 2.68 bits per heavy atom. The lowest BCUT2D eigenvalue weighted by Crippen LogP contribution is -2.17. The van der Waals surface area contributed by atoms with Crippen molar-refractivity contribution in [3.8, 4) is 6.07 Å². The molecule has 0 N–H and O–H groups in total. The van der Waals surface area contributed by atoms with Gasteiger partial charge in [-0.15, -0.1) is 0 Å². The van der Waals surface area contributed by atoms with E-state index in [1.165, 1.54) is 29.3 Å². The van der Waals surface area contributed by atoms with Crippen molar-refractivity contribution in [3.05, 3.63) is 53.2 Å². The summed E-state index contributed by atoms with van der Waals surface area (Å²) in [6, 6.07) is 7.49. The Hall–Kier alpha value is -2.48. The lowest BCUT2D eigenvalue weighted by molar-refractivity contribution is 0.581. The molecule has 0 bridgehead atoms. The van der Waals surface area contributed by atoms with Crippen LogP contribution in [0, 0.1) is 23.0 Å². The number of hydrogen-bond donors (Lipinski definition) is 0. The summed E-state index contributed by atoms with van der Waals surface area (Å²) in [5.74, 6) is -0.707. The van der Waals surface area contributed by atoms with Crippen LogP contribution in [0.4, 0.5) is 20.3 Å². The first-order valence-corrected chi connectivity index (χ1v) is 5.81. The maximum Gasteiger partial charge on any atom is 0.149 e. The predicted molar refractivity (Wildman–Crippen MR) is 66.0 cm³/mol. The number of benzene rings is 1. The first-order valence-electron chi connectivity index (χ1n) is 5.81. The van der Waals surface area contributed by atoms with Gasteiger partial charge in [-0.2, -0.15) is 5.26 Å². The summed E-state index contributed by atoms with van der Waals surface area (Å²) in [4.78, 5) is 5.66. The molecule has 94 valence electrons. The van der Waals surface area contributed by atoms with Crippen LogP contribution in [0.3, 0.4) is 0 Å². The number of anilines is 2. The highest BCUT2D eigenvalue weighted by Gasteiger charge is 2.26. The second kappa shape index (κ2) is 4.32. The maximum absolute atomic E-state index is 13.8. The summed E-state index contributed by atoms with van der Waals surface area (Å²) < 4.78 is 27.6. The summed E-state index contributed by atoms with van der Waals surface area (Å²) >= 11 is 0. The number of halogens is 2. The average Bonchev–Trinajstić information content (AvgIpc) is 2.81. The molecule has 0 radical (unpaired) electrons. The standard InChI is InChI=1S/C14H9F2N3/c15-11-2-1-3-12(16)13(11)19-5-4-10-6-9(7-17)8-18-14(10)19/h1-3,6,8H,4-5H2. The van der Waals surface area contributed by atoms with Gasteiger partial charge in [0.05, 0.1) is 5.56 Å². The fourth-order valence-corrected chi connectivity index (χ4v) is 2.29. The van der Waals surface area contributed by atoms with Crippen molar-refractivity contribution >= 4 is 11.5 Å². The van der Waals surface area contributed by atoms with Crippen LogP contribution < -0.4 is 4.90 Å². The van der Waals surface area contributed by atoms with Gasteiger partial charge in [-0.1, -0.05) is 6.07 Å². The number of hydrogen-bond acceptors (Lipinski definition) is 3. The minimum atomic E-state index is -0.612. The maximum atomic E-state index is 13.8. The molecule has 19 heavy (non-hydrogen) atoms. The van der Waals surface area contributed by atoms with Crippen molar-refractivity contribution in [1.29, 1.82) is 5.26 Å². The highest BCUT2D eigenvalue weighted by Crippen LogP contribution is 2.35. The first kappa shape index (κ1) is 11.6. The van der Waals surface area contributed by atoms with Crippen LogP contribution in [-0.2, 0) is 6.42 Å². The Morgan fingerprint density at radius 1 is 1.26 bits per heavy atom. The molecule has 0 saturated carbocycles. The van der Waals surface area contributed by atoms with E-state index >= 15 is 0 Å². The Morgan fingerprint density at radius 2 is 2.00 bits per heavy atom. The zero-order valence-corrected chi connectivity index (χ0v) is 9.90. The summed E-state index contributed by atoms with van der Waals surface area (Å²) in [5, 5.41) is 8.82. The van der Waals surface area contributed by atoms with Crippen LogP contribution >= 0.6 is 0 Å². The smallest absolute Gasteiger partial charge is 0.149 e. The molecule has 0 atom stereocenters. The third-order valence-electron chi connectivity index (χ3n) is 3.14. The van der Waals surface area contributed by atoms with Gasteiger partial charge in [0.15, 0.2) is 0 Å². The molecular formula is C14H9F2N3. The molecule has 2 heterocycles. The third kappa shape index (κ3) is 1.82. The van der Waals surface area contributed by atoms with E-state index in [9.17, 15) is 8.78 Å². The van der Waals surface area contributed by atoms with E-state index in [4.69, 9.17) is 5.26 Å². The van der Waals surface area contributed by atoms with Gasteiger partial charge in [0.1, 0.15) is 29.2 Å². The number of rotatable bonds is 1. The van der Waals surface area contributed by atoms with Crippen LogP contribution in [-0.4, -0.2) is 11.5 Å². The molecule has 1 aromatic carbocycles. The molecular weight excluding hydrogens is 248 g/mol. The topological polar surface area (TPSA) is 39.9 Å². The van der Waals surface area contributed by atoms with E-state index in [0.29, 0.717) is 24.3 Å². The number of pyridine rings is 1. The fraction of sp³-hybridized carbons (Fsp3) is 0.143. The molecule has 1 aliphatic rings. The van der Waals surface area contributed by atoms with Gasteiger partial charge >= 0.3 is 0 Å². The van der Waals surface area contributed by atoms with Gasteiger partial charge in [0.2, 0.25) is 0 Å². The monoisotopic (exact) mass is 257 g/mol. The average molecular weight is 257 g/mol. The van der Waals surface area contributed by atoms with Gasteiger partial charge in [-0.25, -0.2) is 13.8 Å². The summed E-state index contributed by atoms with van der Waals surface area (Å²) in [6.07, 6.45) is 2.03. The van der Waals surface area contributed by atoms with Gasteiger partial charge in [0, 0.05) is 12.7 Å². The van der Waals surface area contributed by atoms with Gasteiger partial charge < -0.3 is 4.90 Å². The van der Waals surface area contributed by atoms with Crippen molar-refractivity contribution in [1.82, 2.24) is 4.98 Å². The predicted octanol–water partition coefficient (Wildman–Crippen LogP) is 2.93. The Balaban J connectivity index is 2.10. The SMILES string of the molecule is N#Cc1cnc2c(c1)CCN2c1c(F)cccc1F. The lowest BCUT2D eigenvalue weighted by Gasteiger charge is -2.19. The third-order valence-corrected chi connectivity index (χ3v) is 3.14. The second-order valence-corrected chi connectivity index (χ2v) is 4.29. The molecule has 1 aromatic heterocycles. The summed E-state index contributed by atoms with van der Waals surface area (Å²) in [5.41, 5.74) is 1.20. The summed E-state index contributed by atoms with van der Waals surface area (Å²) in [6.45, 7) is 0.453. The molecule has 1 aliphatic heterocycles. The molecule has 0 fully saturated rings. The highest BCUT2D eigenvalue weighted by atomic mass is 19.1. The number of para-hydroxylation sites is 1. The van der Waals surface area contributed by atoms with E-state index in [1.54, 1.807) is 6.07 Å². The first-order chi connectivity index (χ1) is 9.20. The van der Waals surface area contributed by atoms with Crippen molar-refractivity contribution in [2.75, 3.05) is 11.4 Å². The minimum Gasteiger partial charge on any atom is -0.321 e. The number of fused-ring (bicyclic) bond motifs is 1. The van der Waals surface area contributed by atoms with E-state index in [1.807, 2.05) is 6.07 Å². The molecule has 0 saturated heterocycles. The van der Waals surface area contributed by atoms with Gasteiger partial charge in [0.25, 0.3) is 0 Å². The minimum absolute atomic E-state index is 0.0848. The van der Waals surface area contributed by atoms with Crippen molar-refractivity contribution < 1.29 is 8.78 Å². The van der Waals surface area contributed by atoms with Gasteiger partial charge in [-0.05, 0) is 30.2 Å². The number of aromatic nitrogens is 1. The van der Waals surface area contributed by atoms with Crippen molar-refractivity contribution in [3.63, 3.8) is 0 Å². The quantitative estimate of drug-likeness (QED) is 0.788. The van der Waals surface area contributed by atoms with Crippen LogP contribution in [0.1, 0.15) is 11.1 Å². The van der Waals surface area contributed by atoms with E-state index in [-0.39, 0.29) is 5.69 Å². The Bertz CT molecular complexity index is 671. The molecule has 0 amide bonds. The Kier molecular flexibility index (Phi) is 2.64.